The standard InChI is InChI=1S/C16H18Cl2N2O2S.BrH/c1-10-16(11(2)21)23-9-20(10)8-14(22)19-7-6-12-4-3-5-13(17)15(12)18;/h3-5,9,11,21H,6-8H2,1-2H3;1H. The predicted molar refractivity (Wildman–Crippen MR) is 93.1 cm³/mol. The molecule has 0 saturated carbocycles. The number of rotatable bonds is 6. The van der Waals surface area contributed by atoms with Crippen molar-refractivity contribution in [1.82, 2.24) is 5.32 Å². The van der Waals surface area contributed by atoms with Crippen molar-refractivity contribution in [3.63, 3.8) is 0 Å². The van der Waals surface area contributed by atoms with Gasteiger partial charge in [-0.15, -0.1) is 0 Å². The van der Waals surface area contributed by atoms with Gasteiger partial charge in [0.2, 0.25) is 12.1 Å². The smallest absolute Gasteiger partial charge is 0.286 e. The molecular weight excluding hydrogens is 435 g/mol. The Morgan fingerprint density at radius 3 is 2.75 bits per heavy atom. The first-order chi connectivity index (χ1) is 10.9. The molecule has 2 N–H and O–H groups in total. The number of halogens is 3. The predicted octanol–water partition coefficient (Wildman–Crippen LogP) is 0.0670. The van der Waals surface area contributed by atoms with Crippen molar-refractivity contribution in [2.24, 2.45) is 0 Å². The number of carbonyl (C=O) groups is 1. The minimum atomic E-state index is -0.519. The molecule has 0 aliphatic carbocycles. The van der Waals surface area contributed by atoms with Gasteiger partial charge in [-0.1, -0.05) is 46.7 Å². The maximum absolute atomic E-state index is 12.0. The molecule has 132 valence electrons. The highest BCUT2D eigenvalue weighted by Gasteiger charge is 2.20. The van der Waals surface area contributed by atoms with Crippen LogP contribution >= 0.6 is 34.5 Å². The summed E-state index contributed by atoms with van der Waals surface area (Å²) in [6, 6.07) is 5.47. The second-order valence-electron chi connectivity index (χ2n) is 5.29. The Labute approximate surface area is 166 Å². The minimum absolute atomic E-state index is 0. The molecule has 0 radical (unpaired) electrons. The third-order valence-electron chi connectivity index (χ3n) is 3.54. The quantitative estimate of drug-likeness (QED) is 0.608. The van der Waals surface area contributed by atoms with Crippen LogP contribution in [0.3, 0.4) is 0 Å². The lowest BCUT2D eigenvalue weighted by atomic mass is 10.1. The van der Waals surface area contributed by atoms with E-state index in [1.165, 1.54) is 11.3 Å². The van der Waals surface area contributed by atoms with Crippen molar-refractivity contribution in [2.75, 3.05) is 6.54 Å². The summed E-state index contributed by atoms with van der Waals surface area (Å²) in [5.41, 5.74) is 3.68. The summed E-state index contributed by atoms with van der Waals surface area (Å²) in [6.45, 7) is 4.35. The number of aliphatic hydroxyl groups excluding tert-OH is 1. The van der Waals surface area contributed by atoms with Crippen LogP contribution < -0.4 is 26.9 Å². The average Bonchev–Trinajstić information content (AvgIpc) is 2.85. The lowest BCUT2D eigenvalue weighted by Gasteiger charge is -2.06. The zero-order chi connectivity index (χ0) is 17.0. The lowest BCUT2D eigenvalue weighted by Crippen LogP contribution is -3.00. The number of thiazole rings is 1. The first-order valence-corrected chi connectivity index (χ1v) is 8.88. The van der Waals surface area contributed by atoms with Gasteiger partial charge in [0, 0.05) is 13.5 Å². The molecule has 1 unspecified atom stereocenters. The number of nitrogens with zero attached hydrogens (tertiary/aromatic N) is 1. The van der Waals surface area contributed by atoms with E-state index in [2.05, 4.69) is 5.32 Å². The summed E-state index contributed by atoms with van der Waals surface area (Å²) in [5, 5.41) is 13.6. The Balaban J connectivity index is 0.00000288. The number of hydrogen-bond donors (Lipinski definition) is 2. The summed E-state index contributed by atoms with van der Waals surface area (Å²) < 4.78 is 1.84. The molecule has 0 aliphatic rings. The monoisotopic (exact) mass is 452 g/mol. The highest BCUT2D eigenvalue weighted by Crippen LogP contribution is 2.25. The van der Waals surface area contributed by atoms with E-state index in [0.29, 0.717) is 23.0 Å². The van der Waals surface area contributed by atoms with Gasteiger partial charge in [-0.25, -0.2) is 0 Å². The molecule has 1 heterocycles. The van der Waals surface area contributed by atoms with E-state index < -0.39 is 6.10 Å². The molecule has 0 aliphatic heterocycles. The van der Waals surface area contributed by atoms with E-state index in [1.54, 1.807) is 13.0 Å². The van der Waals surface area contributed by atoms with E-state index in [1.807, 2.05) is 29.1 Å². The maximum atomic E-state index is 12.0. The molecule has 1 atom stereocenters. The third kappa shape index (κ3) is 5.43. The molecule has 8 heteroatoms. The van der Waals surface area contributed by atoms with Crippen molar-refractivity contribution in [2.45, 2.75) is 32.9 Å². The fourth-order valence-corrected chi connectivity index (χ4v) is 3.64. The van der Waals surface area contributed by atoms with Gasteiger partial charge in [0.05, 0.1) is 16.1 Å². The summed E-state index contributed by atoms with van der Waals surface area (Å²) >= 11 is 13.5. The first-order valence-electron chi connectivity index (χ1n) is 7.25. The van der Waals surface area contributed by atoms with Crippen LogP contribution in [-0.2, 0) is 17.8 Å². The third-order valence-corrected chi connectivity index (χ3v) is 5.64. The highest BCUT2D eigenvalue weighted by atomic mass is 79.9. The Morgan fingerprint density at radius 2 is 2.12 bits per heavy atom. The molecular formula is C16H19BrCl2N2O2S. The van der Waals surface area contributed by atoms with Crippen molar-refractivity contribution in [3.8, 4) is 0 Å². The fraction of sp³-hybridized carbons (Fsp3) is 0.375. The van der Waals surface area contributed by atoms with Gasteiger partial charge in [-0.2, -0.15) is 4.57 Å². The van der Waals surface area contributed by atoms with Gasteiger partial charge in [0.1, 0.15) is 4.88 Å². The van der Waals surface area contributed by atoms with Crippen LogP contribution in [0.25, 0.3) is 0 Å². The summed E-state index contributed by atoms with van der Waals surface area (Å²) in [4.78, 5) is 12.9. The Bertz CT molecular complexity index is 707. The number of aromatic nitrogens is 1. The molecule has 2 rings (SSSR count). The van der Waals surface area contributed by atoms with Crippen LogP contribution in [0.1, 0.15) is 29.2 Å². The largest absolute Gasteiger partial charge is 1.00 e. The van der Waals surface area contributed by atoms with E-state index in [-0.39, 0.29) is 29.4 Å². The van der Waals surface area contributed by atoms with Crippen LogP contribution in [0.2, 0.25) is 10.0 Å². The molecule has 0 saturated heterocycles. The summed E-state index contributed by atoms with van der Waals surface area (Å²) in [5.74, 6) is -0.0776. The number of nitrogens with one attached hydrogen (secondary N) is 1. The average molecular weight is 454 g/mol. The number of carbonyl (C=O) groups excluding carboxylic acids is 1. The Morgan fingerprint density at radius 1 is 1.42 bits per heavy atom. The zero-order valence-electron chi connectivity index (χ0n) is 13.4. The van der Waals surface area contributed by atoms with Gasteiger partial charge in [-0.05, 0) is 25.0 Å². The van der Waals surface area contributed by atoms with Crippen LogP contribution in [-0.4, -0.2) is 17.6 Å². The molecule has 1 aromatic heterocycles. The topological polar surface area (TPSA) is 53.2 Å². The molecule has 1 aromatic carbocycles. The SMILES string of the molecule is Cc1c(C(C)O)sc[n+]1CC(=O)NCCc1cccc(Cl)c1Cl.[Br-]. The second kappa shape index (κ2) is 9.73. The van der Waals surface area contributed by atoms with Crippen molar-refractivity contribution >= 4 is 40.4 Å². The summed E-state index contributed by atoms with van der Waals surface area (Å²) in [6.07, 6.45) is 0.103. The molecule has 24 heavy (non-hydrogen) atoms. The minimum Gasteiger partial charge on any atom is -1.00 e. The van der Waals surface area contributed by atoms with Gasteiger partial charge in [0.25, 0.3) is 5.91 Å². The normalized spacial score (nSPS) is 11.7. The van der Waals surface area contributed by atoms with Gasteiger partial charge in [-0.3, -0.25) is 4.79 Å². The molecule has 1 amide bonds. The molecule has 2 aromatic rings. The van der Waals surface area contributed by atoms with Crippen molar-refractivity contribution in [3.05, 3.63) is 49.9 Å². The Kier molecular flexibility index (Phi) is 8.67. The van der Waals surface area contributed by atoms with Crippen LogP contribution in [0.4, 0.5) is 0 Å². The van der Waals surface area contributed by atoms with E-state index in [9.17, 15) is 9.90 Å². The second-order valence-corrected chi connectivity index (χ2v) is 6.96. The van der Waals surface area contributed by atoms with E-state index in [0.717, 1.165) is 16.1 Å². The van der Waals surface area contributed by atoms with Crippen molar-refractivity contribution in [1.29, 1.82) is 0 Å². The molecule has 4 nitrogen and oxygen atoms in total. The van der Waals surface area contributed by atoms with Gasteiger partial charge >= 0.3 is 0 Å². The van der Waals surface area contributed by atoms with Crippen LogP contribution in [0, 0.1) is 6.92 Å². The van der Waals surface area contributed by atoms with Crippen molar-refractivity contribution < 1.29 is 31.4 Å². The molecule has 0 spiro atoms. The highest BCUT2D eigenvalue weighted by molar-refractivity contribution is 7.09. The maximum Gasteiger partial charge on any atom is 0.286 e. The summed E-state index contributed by atoms with van der Waals surface area (Å²) in [7, 11) is 0. The molecule has 0 fully saturated rings. The molecule has 0 bridgehead atoms. The first kappa shape index (κ1) is 21.4. The van der Waals surface area contributed by atoms with Crippen LogP contribution in [0.5, 0.6) is 0 Å². The number of amides is 1. The fourth-order valence-electron chi connectivity index (χ4n) is 2.27. The van der Waals surface area contributed by atoms with Gasteiger partial charge < -0.3 is 27.4 Å². The number of benzene rings is 1. The van der Waals surface area contributed by atoms with Crippen LogP contribution in [0.15, 0.2) is 23.7 Å². The Hall–Kier alpha value is -0.660. The van der Waals surface area contributed by atoms with Gasteiger partial charge in [0.15, 0.2) is 5.69 Å². The lowest BCUT2D eigenvalue weighted by molar-refractivity contribution is -0.686. The zero-order valence-corrected chi connectivity index (χ0v) is 17.3. The number of aliphatic hydroxyl groups is 1. The number of hydrogen-bond acceptors (Lipinski definition) is 3. The van der Waals surface area contributed by atoms with E-state index >= 15 is 0 Å². The van der Waals surface area contributed by atoms with E-state index in [4.69, 9.17) is 23.2 Å².